The van der Waals surface area contributed by atoms with Crippen LogP contribution in [0.15, 0.2) is 18.2 Å². The topological polar surface area (TPSA) is 15.3 Å². The molecule has 0 aliphatic heterocycles. The third-order valence-electron chi connectivity index (χ3n) is 3.91. The monoisotopic (exact) mass is 250 g/mol. The first kappa shape index (κ1) is 13.3. The molecule has 1 aliphatic carbocycles. The van der Waals surface area contributed by atoms with Crippen LogP contribution in [-0.4, -0.2) is 20.1 Å². The van der Waals surface area contributed by atoms with Gasteiger partial charge in [0.15, 0.2) is 0 Å². The predicted molar refractivity (Wildman–Crippen MR) is 74.4 cm³/mol. The van der Waals surface area contributed by atoms with Crippen molar-refractivity contribution in [2.45, 2.75) is 44.7 Å². The normalized spacial score (nSPS) is 16.8. The number of nitrogens with one attached hydrogen (secondary N) is 1. The summed E-state index contributed by atoms with van der Waals surface area (Å²) >= 11 is 0. The van der Waals surface area contributed by atoms with Gasteiger partial charge in [-0.3, -0.25) is 0 Å². The molecule has 0 amide bonds. The first-order valence-corrected chi connectivity index (χ1v) is 6.88. The third-order valence-corrected chi connectivity index (χ3v) is 3.91. The molecular formula is C15H23FN2. The molecule has 100 valence electrons. The van der Waals surface area contributed by atoms with Crippen molar-refractivity contribution >= 4 is 5.69 Å². The number of hydrogen-bond acceptors (Lipinski definition) is 2. The molecule has 2 nitrogen and oxygen atoms in total. The highest BCUT2D eigenvalue weighted by Crippen LogP contribution is 2.28. The lowest BCUT2D eigenvalue weighted by Gasteiger charge is -2.34. The third kappa shape index (κ3) is 3.02. The Labute approximate surface area is 109 Å². The summed E-state index contributed by atoms with van der Waals surface area (Å²) in [6.45, 7) is 0.712. The van der Waals surface area contributed by atoms with Gasteiger partial charge in [0.2, 0.25) is 0 Å². The molecule has 0 radical (unpaired) electrons. The number of benzene rings is 1. The van der Waals surface area contributed by atoms with E-state index in [2.05, 4.69) is 17.3 Å². The minimum absolute atomic E-state index is 0.152. The average Bonchev–Trinajstić information content (AvgIpc) is 2.40. The van der Waals surface area contributed by atoms with E-state index in [-0.39, 0.29) is 5.82 Å². The lowest BCUT2D eigenvalue weighted by molar-refractivity contribution is 0.427. The van der Waals surface area contributed by atoms with Crippen LogP contribution in [0.2, 0.25) is 0 Å². The summed E-state index contributed by atoms with van der Waals surface area (Å²) < 4.78 is 13.3. The van der Waals surface area contributed by atoms with Crippen LogP contribution in [0.1, 0.15) is 37.7 Å². The van der Waals surface area contributed by atoms with Crippen molar-refractivity contribution < 1.29 is 4.39 Å². The lowest BCUT2D eigenvalue weighted by Crippen LogP contribution is -2.34. The standard InChI is InChI=1S/C15H23FN2/c1-17-11-12-10-13(16)8-9-15(12)18(2)14-6-4-3-5-7-14/h8-10,14,17H,3-7,11H2,1-2H3. The zero-order valence-corrected chi connectivity index (χ0v) is 11.4. The van der Waals surface area contributed by atoms with Gasteiger partial charge in [0.05, 0.1) is 0 Å². The Hall–Kier alpha value is -1.09. The van der Waals surface area contributed by atoms with Crippen molar-refractivity contribution in [3.8, 4) is 0 Å². The Balaban J connectivity index is 2.19. The first-order chi connectivity index (χ1) is 8.72. The molecule has 1 saturated carbocycles. The van der Waals surface area contributed by atoms with Gasteiger partial charge in [0, 0.05) is 25.3 Å². The average molecular weight is 250 g/mol. The number of nitrogens with zero attached hydrogens (tertiary/aromatic N) is 1. The largest absolute Gasteiger partial charge is 0.371 e. The molecule has 0 unspecified atom stereocenters. The van der Waals surface area contributed by atoms with Crippen molar-refractivity contribution in [2.75, 3.05) is 19.0 Å². The minimum Gasteiger partial charge on any atom is -0.371 e. The second-order valence-electron chi connectivity index (χ2n) is 5.21. The van der Waals surface area contributed by atoms with E-state index < -0.39 is 0 Å². The Morgan fingerprint density at radius 3 is 2.67 bits per heavy atom. The van der Waals surface area contributed by atoms with Crippen LogP contribution in [0, 0.1) is 5.82 Å². The molecule has 0 spiro atoms. The predicted octanol–water partition coefficient (Wildman–Crippen LogP) is 3.31. The van der Waals surface area contributed by atoms with Gasteiger partial charge in [-0.2, -0.15) is 0 Å². The quantitative estimate of drug-likeness (QED) is 0.882. The van der Waals surface area contributed by atoms with Gasteiger partial charge in [-0.1, -0.05) is 19.3 Å². The zero-order valence-electron chi connectivity index (χ0n) is 11.4. The maximum atomic E-state index is 13.3. The molecule has 2 rings (SSSR count). The van der Waals surface area contributed by atoms with Crippen LogP contribution in [0.4, 0.5) is 10.1 Å². The van der Waals surface area contributed by atoms with E-state index in [1.54, 1.807) is 12.1 Å². The highest BCUT2D eigenvalue weighted by Gasteiger charge is 2.20. The molecule has 1 aliphatic rings. The van der Waals surface area contributed by atoms with Crippen molar-refractivity contribution in [1.29, 1.82) is 0 Å². The van der Waals surface area contributed by atoms with Gasteiger partial charge in [-0.05, 0) is 43.7 Å². The minimum atomic E-state index is -0.152. The maximum Gasteiger partial charge on any atom is 0.123 e. The van der Waals surface area contributed by atoms with E-state index in [0.29, 0.717) is 12.6 Å². The summed E-state index contributed by atoms with van der Waals surface area (Å²) in [6, 6.07) is 5.73. The van der Waals surface area contributed by atoms with Gasteiger partial charge in [0.1, 0.15) is 5.82 Å². The van der Waals surface area contributed by atoms with Gasteiger partial charge < -0.3 is 10.2 Å². The Kier molecular flexibility index (Phi) is 4.59. The molecular weight excluding hydrogens is 227 g/mol. The second-order valence-corrected chi connectivity index (χ2v) is 5.21. The van der Waals surface area contributed by atoms with E-state index in [4.69, 9.17) is 0 Å². The van der Waals surface area contributed by atoms with Crippen molar-refractivity contribution in [2.24, 2.45) is 0 Å². The van der Waals surface area contributed by atoms with Crippen LogP contribution in [0.3, 0.4) is 0 Å². The van der Waals surface area contributed by atoms with Crippen LogP contribution in [0.25, 0.3) is 0 Å². The molecule has 1 N–H and O–H groups in total. The SMILES string of the molecule is CNCc1cc(F)ccc1N(C)C1CCCCC1. The molecule has 0 atom stereocenters. The van der Waals surface area contributed by atoms with E-state index >= 15 is 0 Å². The van der Waals surface area contributed by atoms with Crippen molar-refractivity contribution in [1.82, 2.24) is 5.32 Å². The smallest absolute Gasteiger partial charge is 0.123 e. The fraction of sp³-hybridized carbons (Fsp3) is 0.600. The van der Waals surface area contributed by atoms with E-state index in [1.807, 2.05) is 13.1 Å². The zero-order chi connectivity index (χ0) is 13.0. The molecule has 0 bridgehead atoms. The maximum absolute atomic E-state index is 13.3. The Bertz CT molecular complexity index is 386. The molecule has 3 heteroatoms. The molecule has 1 aromatic rings. The second kappa shape index (κ2) is 6.19. The Morgan fingerprint density at radius 2 is 2.00 bits per heavy atom. The summed E-state index contributed by atoms with van der Waals surface area (Å²) in [5.41, 5.74) is 2.21. The van der Waals surface area contributed by atoms with Gasteiger partial charge in [-0.25, -0.2) is 4.39 Å². The van der Waals surface area contributed by atoms with E-state index in [1.165, 1.54) is 32.1 Å². The molecule has 0 heterocycles. The number of halogens is 1. The van der Waals surface area contributed by atoms with E-state index in [9.17, 15) is 4.39 Å². The summed E-state index contributed by atoms with van der Waals surface area (Å²) in [6.07, 6.45) is 6.51. The first-order valence-electron chi connectivity index (χ1n) is 6.88. The van der Waals surface area contributed by atoms with Crippen LogP contribution < -0.4 is 10.2 Å². The summed E-state index contributed by atoms with van der Waals surface area (Å²) in [5.74, 6) is -0.152. The van der Waals surface area contributed by atoms with Crippen LogP contribution in [-0.2, 0) is 6.54 Å². The summed E-state index contributed by atoms with van der Waals surface area (Å²) in [4.78, 5) is 2.34. The van der Waals surface area contributed by atoms with Crippen molar-refractivity contribution in [3.05, 3.63) is 29.6 Å². The van der Waals surface area contributed by atoms with Gasteiger partial charge >= 0.3 is 0 Å². The van der Waals surface area contributed by atoms with E-state index in [0.717, 1.165) is 11.3 Å². The van der Waals surface area contributed by atoms with Gasteiger partial charge in [0.25, 0.3) is 0 Å². The molecule has 18 heavy (non-hydrogen) atoms. The van der Waals surface area contributed by atoms with Gasteiger partial charge in [-0.15, -0.1) is 0 Å². The molecule has 1 aromatic carbocycles. The van der Waals surface area contributed by atoms with Crippen LogP contribution in [0.5, 0.6) is 0 Å². The number of hydrogen-bond donors (Lipinski definition) is 1. The van der Waals surface area contributed by atoms with Crippen LogP contribution >= 0.6 is 0 Å². The summed E-state index contributed by atoms with van der Waals surface area (Å²) in [5, 5.41) is 3.12. The molecule has 0 aromatic heterocycles. The number of anilines is 1. The fourth-order valence-electron chi connectivity index (χ4n) is 2.90. The highest BCUT2D eigenvalue weighted by atomic mass is 19.1. The molecule has 1 fully saturated rings. The summed E-state index contributed by atoms with van der Waals surface area (Å²) in [7, 11) is 4.04. The molecule has 0 saturated heterocycles. The van der Waals surface area contributed by atoms with Crippen molar-refractivity contribution in [3.63, 3.8) is 0 Å². The highest BCUT2D eigenvalue weighted by molar-refractivity contribution is 5.54. The lowest BCUT2D eigenvalue weighted by atomic mass is 9.94. The number of rotatable bonds is 4. The fourth-order valence-corrected chi connectivity index (χ4v) is 2.90. The Morgan fingerprint density at radius 1 is 1.28 bits per heavy atom.